The summed E-state index contributed by atoms with van der Waals surface area (Å²) in [6.45, 7) is -0.0785. The van der Waals surface area contributed by atoms with Crippen LogP contribution in [0.5, 0.6) is 5.75 Å². The van der Waals surface area contributed by atoms with Crippen LogP contribution in [0, 0.1) is 0 Å². The van der Waals surface area contributed by atoms with Gasteiger partial charge in [0.25, 0.3) is 5.91 Å². The van der Waals surface area contributed by atoms with Crippen molar-refractivity contribution in [1.29, 1.82) is 0 Å². The molecule has 1 unspecified atom stereocenters. The zero-order valence-corrected chi connectivity index (χ0v) is 10.3. The quantitative estimate of drug-likeness (QED) is 0.839. The molecule has 1 aliphatic carbocycles. The van der Waals surface area contributed by atoms with Gasteiger partial charge in [0.2, 0.25) is 0 Å². The summed E-state index contributed by atoms with van der Waals surface area (Å²) in [5, 5.41) is 0. The van der Waals surface area contributed by atoms with Gasteiger partial charge in [-0.05, 0) is 42.5 Å². The molecule has 1 atom stereocenters. The van der Waals surface area contributed by atoms with Crippen LogP contribution in [0.1, 0.15) is 17.5 Å². The molecule has 0 bridgehead atoms. The van der Waals surface area contributed by atoms with Crippen molar-refractivity contribution in [2.45, 2.75) is 25.3 Å². The lowest BCUT2D eigenvalue weighted by Gasteiger charge is -2.21. The number of amides is 1. The van der Waals surface area contributed by atoms with E-state index in [0.29, 0.717) is 5.75 Å². The predicted octanol–water partition coefficient (Wildman–Crippen LogP) is 0.788. The number of primary amides is 1. The second kappa shape index (κ2) is 5.89. The summed E-state index contributed by atoms with van der Waals surface area (Å²) in [7, 11) is 0. The Bertz CT molecular complexity index is 409. The van der Waals surface area contributed by atoms with Gasteiger partial charge >= 0.3 is 0 Å². The minimum atomic E-state index is -0.463. The number of carbonyl (C=O) groups is 1. The third-order valence-corrected chi connectivity index (χ3v) is 2.83. The molecule has 0 heterocycles. The summed E-state index contributed by atoms with van der Waals surface area (Å²) < 4.78 is 5.25. The third-order valence-electron chi connectivity index (χ3n) is 2.83. The summed E-state index contributed by atoms with van der Waals surface area (Å²) in [5.74, 6) is 0.223. The Morgan fingerprint density at radius 2 is 2.18 bits per heavy atom. The van der Waals surface area contributed by atoms with Gasteiger partial charge in [-0.1, -0.05) is 6.07 Å². The molecule has 0 saturated carbocycles. The molecule has 1 amide bonds. The maximum absolute atomic E-state index is 10.6. The highest BCUT2D eigenvalue weighted by Gasteiger charge is 2.15. The summed E-state index contributed by atoms with van der Waals surface area (Å²) in [5.41, 5.74) is 13.5. The molecule has 1 aliphatic rings. The van der Waals surface area contributed by atoms with Gasteiger partial charge in [-0.2, -0.15) is 0 Å². The molecule has 4 nitrogen and oxygen atoms in total. The fourth-order valence-corrected chi connectivity index (χ4v) is 2.01. The van der Waals surface area contributed by atoms with Gasteiger partial charge in [0, 0.05) is 6.04 Å². The largest absolute Gasteiger partial charge is 0.484 e. The first-order chi connectivity index (χ1) is 7.65. The lowest BCUT2D eigenvalue weighted by molar-refractivity contribution is -0.119. The number of ether oxygens (including phenoxy) is 1. The Labute approximate surface area is 107 Å². The monoisotopic (exact) mass is 256 g/mol. The van der Waals surface area contributed by atoms with E-state index >= 15 is 0 Å². The number of nitrogens with two attached hydrogens (primary N) is 2. The average Bonchev–Trinajstić information content (AvgIpc) is 2.25. The molecule has 4 N–H and O–H groups in total. The Balaban J connectivity index is 0.00000144. The van der Waals surface area contributed by atoms with E-state index in [4.69, 9.17) is 16.2 Å². The number of benzene rings is 1. The van der Waals surface area contributed by atoms with Gasteiger partial charge in [-0.25, -0.2) is 0 Å². The second-order valence-electron chi connectivity index (χ2n) is 4.19. The highest BCUT2D eigenvalue weighted by molar-refractivity contribution is 5.85. The summed E-state index contributed by atoms with van der Waals surface area (Å²) in [6, 6.07) is 6.10. The molecule has 0 radical (unpaired) electrons. The predicted molar refractivity (Wildman–Crippen MR) is 68.4 cm³/mol. The molecule has 2 rings (SSSR count). The van der Waals surface area contributed by atoms with E-state index in [1.807, 2.05) is 18.2 Å². The van der Waals surface area contributed by atoms with Crippen molar-refractivity contribution in [3.8, 4) is 5.75 Å². The first kappa shape index (κ1) is 13.8. The van der Waals surface area contributed by atoms with Crippen molar-refractivity contribution in [2.24, 2.45) is 11.5 Å². The molecule has 1 aromatic carbocycles. The van der Waals surface area contributed by atoms with Crippen LogP contribution in [0.3, 0.4) is 0 Å². The van der Waals surface area contributed by atoms with Crippen molar-refractivity contribution < 1.29 is 9.53 Å². The van der Waals surface area contributed by atoms with Gasteiger partial charge in [0.1, 0.15) is 5.75 Å². The summed E-state index contributed by atoms with van der Waals surface area (Å²) in [6.07, 6.45) is 2.93. The fraction of sp³-hybridized carbons (Fsp3) is 0.417. The Kier molecular flexibility index (Phi) is 4.78. The molecule has 0 aliphatic heterocycles. The zero-order chi connectivity index (χ0) is 11.5. The van der Waals surface area contributed by atoms with Gasteiger partial charge in [-0.15, -0.1) is 12.4 Å². The van der Waals surface area contributed by atoms with E-state index in [0.717, 1.165) is 19.3 Å². The normalized spacial score (nSPS) is 17.8. The lowest BCUT2D eigenvalue weighted by atomic mass is 9.89. The number of hydrogen-bond donors (Lipinski definition) is 2. The van der Waals surface area contributed by atoms with Crippen LogP contribution in [-0.2, 0) is 17.6 Å². The SMILES string of the molecule is Cl.NC(=O)COc1ccc2c(c1)CC(N)CC2. The van der Waals surface area contributed by atoms with Gasteiger partial charge in [0.05, 0.1) is 0 Å². The van der Waals surface area contributed by atoms with Crippen molar-refractivity contribution in [3.05, 3.63) is 29.3 Å². The van der Waals surface area contributed by atoms with Crippen molar-refractivity contribution in [3.63, 3.8) is 0 Å². The number of aryl methyl sites for hydroxylation is 1. The van der Waals surface area contributed by atoms with E-state index < -0.39 is 5.91 Å². The van der Waals surface area contributed by atoms with E-state index in [9.17, 15) is 4.79 Å². The number of hydrogen-bond acceptors (Lipinski definition) is 3. The fourth-order valence-electron chi connectivity index (χ4n) is 2.01. The average molecular weight is 257 g/mol. The highest BCUT2D eigenvalue weighted by atomic mass is 35.5. The molecule has 5 heteroatoms. The molecule has 94 valence electrons. The summed E-state index contributed by atoms with van der Waals surface area (Å²) >= 11 is 0. The van der Waals surface area contributed by atoms with E-state index in [-0.39, 0.29) is 25.1 Å². The number of halogens is 1. The molecule has 0 fully saturated rings. The first-order valence-corrected chi connectivity index (χ1v) is 5.43. The van der Waals surface area contributed by atoms with E-state index in [1.54, 1.807) is 0 Å². The topological polar surface area (TPSA) is 78.3 Å². The van der Waals surface area contributed by atoms with Crippen molar-refractivity contribution in [2.75, 3.05) is 6.61 Å². The number of rotatable bonds is 3. The van der Waals surface area contributed by atoms with Crippen LogP contribution in [0.2, 0.25) is 0 Å². The maximum atomic E-state index is 10.6. The Morgan fingerprint density at radius 3 is 2.88 bits per heavy atom. The summed E-state index contributed by atoms with van der Waals surface area (Å²) in [4.78, 5) is 10.6. The first-order valence-electron chi connectivity index (χ1n) is 5.43. The van der Waals surface area contributed by atoms with E-state index in [1.165, 1.54) is 11.1 Å². The molecule has 17 heavy (non-hydrogen) atoms. The molecule has 0 aromatic heterocycles. The standard InChI is InChI=1S/C12H16N2O2.ClH/c13-10-3-1-8-2-4-11(6-9(8)5-10)16-7-12(14)15;/h2,4,6,10H,1,3,5,7,13H2,(H2,14,15);1H. The minimum absolute atomic E-state index is 0. The van der Waals surface area contributed by atoms with Crippen LogP contribution in [0.4, 0.5) is 0 Å². The highest BCUT2D eigenvalue weighted by Crippen LogP contribution is 2.24. The maximum Gasteiger partial charge on any atom is 0.255 e. The van der Waals surface area contributed by atoms with Crippen LogP contribution in [-0.4, -0.2) is 18.6 Å². The molecular formula is C12H17ClN2O2. The van der Waals surface area contributed by atoms with Crippen LogP contribution < -0.4 is 16.2 Å². The van der Waals surface area contributed by atoms with Gasteiger partial charge in [-0.3, -0.25) is 4.79 Å². The minimum Gasteiger partial charge on any atom is -0.484 e. The van der Waals surface area contributed by atoms with Gasteiger partial charge < -0.3 is 16.2 Å². The molecule has 1 aromatic rings. The van der Waals surface area contributed by atoms with Crippen molar-refractivity contribution >= 4 is 18.3 Å². The van der Waals surface area contributed by atoms with Crippen molar-refractivity contribution in [1.82, 2.24) is 0 Å². The molecular weight excluding hydrogens is 240 g/mol. The Morgan fingerprint density at radius 1 is 1.41 bits per heavy atom. The third kappa shape index (κ3) is 3.61. The van der Waals surface area contributed by atoms with Crippen LogP contribution >= 0.6 is 12.4 Å². The van der Waals surface area contributed by atoms with Crippen LogP contribution in [0.15, 0.2) is 18.2 Å². The Hall–Kier alpha value is -1.26. The molecule has 0 spiro atoms. The lowest BCUT2D eigenvalue weighted by Crippen LogP contribution is -2.27. The van der Waals surface area contributed by atoms with E-state index in [2.05, 4.69) is 0 Å². The van der Waals surface area contributed by atoms with Gasteiger partial charge in [0.15, 0.2) is 6.61 Å². The number of fused-ring (bicyclic) bond motifs is 1. The number of carbonyl (C=O) groups excluding carboxylic acids is 1. The zero-order valence-electron chi connectivity index (χ0n) is 9.52. The van der Waals surface area contributed by atoms with Crippen LogP contribution in [0.25, 0.3) is 0 Å². The molecule has 0 saturated heterocycles. The smallest absolute Gasteiger partial charge is 0.255 e. The second-order valence-corrected chi connectivity index (χ2v) is 4.19.